The zero-order valence-electron chi connectivity index (χ0n) is 15.9. The summed E-state index contributed by atoms with van der Waals surface area (Å²) in [7, 11) is 0. The van der Waals surface area contributed by atoms with Crippen LogP contribution >= 0.6 is 0 Å². The molecule has 0 atom stereocenters. The van der Waals surface area contributed by atoms with Gasteiger partial charge < -0.3 is 10.4 Å². The summed E-state index contributed by atoms with van der Waals surface area (Å²) in [5.74, 6) is -0.140. The van der Waals surface area contributed by atoms with Gasteiger partial charge in [-0.1, -0.05) is 13.5 Å². The number of nitrogens with zero attached hydrogens (tertiary/aromatic N) is 3. The number of carbonyl (C=O) groups excluding carboxylic acids is 2. The van der Waals surface area contributed by atoms with Gasteiger partial charge in [-0.25, -0.2) is 4.79 Å². The molecule has 4 rings (SSSR count). The van der Waals surface area contributed by atoms with Crippen molar-refractivity contribution in [2.24, 2.45) is 10.7 Å². The molecule has 9 heteroatoms. The topological polar surface area (TPSA) is 146 Å². The molecule has 1 aromatic heterocycles. The van der Waals surface area contributed by atoms with Crippen molar-refractivity contribution in [3.8, 4) is 0 Å². The van der Waals surface area contributed by atoms with Gasteiger partial charge in [-0.05, 0) is 47.9 Å². The Bertz CT molecular complexity index is 1200. The number of amidine groups is 1. The molecular weight excluding hydrogens is 396 g/mol. The molecule has 0 saturated heterocycles. The number of carbonyl (C=O) groups is 2. The first-order valence-electron chi connectivity index (χ1n) is 9.13. The SMILES string of the molecule is C.NC(=[NH2+])c1ccc2cc(C(=O)Nc3ccc(N4CC(CO)=NC4=O)cc3)ncc2c1. The number of amides is 3. The highest BCUT2D eigenvalue weighted by molar-refractivity contribution is 6.12. The first kappa shape index (κ1) is 21.6. The average Bonchev–Trinajstić information content (AvgIpc) is 3.14. The number of hydrogen-bond donors (Lipinski definition) is 4. The van der Waals surface area contributed by atoms with Gasteiger partial charge in [-0.15, -0.1) is 0 Å². The third-order valence-corrected chi connectivity index (χ3v) is 4.73. The minimum atomic E-state index is -0.423. The number of aromatic nitrogens is 1. The number of fused-ring (bicyclic) bond motifs is 1. The van der Waals surface area contributed by atoms with Crippen LogP contribution in [0, 0.1) is 0 Å². The van der Waals surface area contributed by atoms with E-state index in [1.807, 2.05) is 12.1 Å². The van der Waals surface area contributed by atoms with E-state index in [9.17, 15) is 9.59 Å². The zero-order valence-corrected chi connectivity index (χ0v) is 15.9. The van der Waals surface area contributed by atoms with Gasteiger partial charge >= 0.3 is 6.03 Å². The molecule has 0 aliphatic carbocycles. The second-order valence-corrected chi connectivity index (χ2v) is 6.79. The molecule has 158 valence electrons. The van der Waals surface area contributed by atoms with Crippen molar-refractivity contribution in [1.29, 1.82) is 0 Å². The number of nitrogens with two attached hydrogens (primary N) is 2. The molecule has 0 fully saturated rings. The second kappa shape index (κ2) is 8.72. The van der Waals surface area contributed by atoms with Gasteiger partial charge in [-0.3, -0.25) is 25.8 Å². The number of anilines is 2. The van der Waals surface area contributed by atoms with E-state index in [1.54, 1.807) is 42.6 Å². The Morgan fingerprint density at radius 3 is 2.55 bits per heavy atom. The molecule has 1 aliphatic heterocycles. The maximum atomic E-state index is 12.6. The fourth-order valence-electron chi connectivity index (χ4n) is 3.13. The Hall–Kier alpha value is -4.11. The Kier molecular flexibility index (Phi) is 6.07. The van der Waals surface area contributed by atoms with Gasteiger partial charge in [0.1, 0.15) is 5.69 Å². The Morgan fingerprint density at radius 2 is 1.90 bits per heavy atom. The van der Waals surface area contributed by atoms with Gasteiger partial charge in [-0.2, -0.15) is 4.99 Å². The predicted molar refractivity (Wildman–Crippen MR) is 120 cm³/mol. The Labute approximate surface area is 178 Å². The molecule has 31 heavy (non-hydrogen) atoms. The lowest BCUT2D eigenvalue weighted by Gasteiger charge is -2.15. The molecule has 9 nitrogen and oxygen atoms in total. The van der Waals surface area contributed by atoms with Gasteiger partial charge in [0, 0.05) is 23.0 Å². The van der Waals surface area contributed by atoms with E-state index < -0.39 is 6.03 Å². The third-order valence-electron chi connectivity index (χ3n) is 4.73. The van der Waals surface area contributed by atoms with E-state index in [0.29, 0.717) is 22.6 Å². The van der Waals surface area contributed by atoms with Crippen molar-refractivity contribution in [2.45, 2.75) is 7.43 Å². The predicted octanol–water partition coefficient (Wildman–Crippen LogP) is 0.961. The van der Waals surface area contributed by atoms with Gasteiger partial charge in [0.2, 0.25) is 0 Å². The van der Waals surface area contributed by atoms with E-state index >= 15 is 0 Å². The monoisotopic (exact) mass is 419 g/mol. The number of nitrogens with one attached hydrogen (secondary N) is 1. The molecule has 0 spiro atoms. The molecule has 0 bridgehead atoms. The first-order chi connectivity index (χ1) is 14.4. The molecule has 6 N–H and O–H groups in total. The van der Waals surface area contributed by atoms with E-state index in [4.69, 9.17) is 16.2 Å². The molecule has 3 amide bonds. The summed E-state index contributed by atoms with van der Waals surface area (Å²) in [6, 6.07) is 13.5. The summed E-state index contributed by atoms with van der Waals surface area (Å²) < 4.78 is 0. The van der Waals surface area contributed by atoms with Crippen LogP contribution < -0.4 is 21.4 Å². The number of hydrogen-bond acceptors (Lipinski definition) is 4. The molecule has 0 unspecified atom stereocenters. The number of rotatable bonds is 5. The summed E-state index contributed by atoms with van der Waals surface area (Å²) in [6.07, 6.45) is 1.59. The summed E-state index contributed by atoms with van der Waals surface area (Å²) in [5.41, 5.74) is 8.18. The van der Waals surface area contributed by atoms with Crippen molar-refractivity contribution in [3.05, 3.63) is 66.0 Å². The highest BCUT2D eigenvalue weighted by atomic mass is 16.3. The van der Waals surface area contributed by atoms with Crippen molar-refractivity contribution >= 4 is 45.6 Å². The first-order valence-corrected chi connectivity index (χ1v) is 9.13. The fourth-order valence-corrected chi connectivity index (χ4v) is 3.13. The van der Waals surface area contributed by atoms with Gasteiger partial charge in [0.05, 0.1) is 24.4 Å². The van der Waals surface area contributed by atoms with Crippen LogP contribution in [0.2, 0.25) is 0 Å². The summed E-state index contributed by atoms with van der Waals surface area (Å²) in [4.78, 5) is 33.9. The smallest absolute Gasteiger partial charge is 0.348 e. The molecule has 2 heterocycles. The van der Waals surface area contributed by atoms with Crippen molar-refractivity contribution < 1.29 is 20.1 Å². The van der Waals surface area contributed by atoms with Crippen LogP contribution in [-0.2, 0) is 0 Å². The maximum absolute atomic E-state index is 12.6. The Balaban J connectivity index is 0.00000272. The minimum absolute atomic E-state index is 0. The van der Waals surface area contributed by atoms with E-state index in [2.05, 4.69) is 15.3 Å². The van der Waals surface area contributed by atoms with Crippen molar-refractivity contribution in [3.63, 3.8) is 0 Å². The number of urea groups is 1. The summed E-state index contributed by atoms with van der Waals surface area (Å²) in [5, 5.41) is 19.2. The van der Waals surface area contributed by atoms with E-state index in [-0.39, 0.29) is 38.0 Å². The molecule has 0 radical (unpaired) electrons. The molecule has 0 saturated carbocycles. The second-order valence-electron chi connectivity index (χ2n) is 6.79. The number of aliphatic imine (C=N–C) groups is 1. The normalized spacial score (nSPS) is 13.0. The molecule has 3 aromatic rings. The van der Waals surface area contributed by atoms with Crippen molar-refractivity contribution in [1.82, 2.24) is 4.98 Å². The third kappa shape index (κ3) is 4.41. The number of aliphatic hydroxyl groups excluding tert-OH is 1. The van der Waals surface area contributed by atoms with Crippen LogP contribution in [0.25, 0.3) is 10.8 Å². The fraction of sp³-hybridized carbons (Fsp3) is 0.136. The van der Waals surface area contributed by atoms with Crippen LogP contribution in [0.15, 0.2) is 59.7 Å². The zero-order chi connectivity index (χ0) is 21.3. The van der Waals surface area contributed by atoms with Gasteiger partial charge in [0.15, 0.2) is 0 Å². The van der Waals surface area contributed by atoms with Crippen LogP contribution in [0.3, 0.4) is 0 Å². The van der Waals surface area contributed by atoms with Crippen molar-refractivity contribution in [2.75, 3.05) is 23.4 Å². The van der Waals surface area contributed by atoms with Crippen LogP contribution in [-0.4, -0.2) is 46.7 Å². The Morgan fingerprint density at radius 1 is 1.16 bits per heavy atom. The van der Waals surface area contributed by atoms with E-state index in [0.717, 1.165) is 10.8 Å². The quantitative estimate of drug-likeness (QED) is 0.359. The van der Waals surface area contributed by atoms with Crippen LogP contribution in [0.1, 0.15) is 23.5 Å². The van der Waals surface area contributed by atoms with E-state index in [1.165, 1.54) is 4.90 Å². The molecular formula is C22H23N6O3+. The lowest BCUT2D eigenvalue weighted by molar-refractivity contribution is -0.114. The lowest BCUT2D eigenvalue weighted by atomic mass is 10.1. The highest BCUT2D eigenvalue weighted by Gasteiger charge is 2.24. The lowest BCUT2D eigenvalue weighted by Crippen LogP contribution is -2.46. The largest absolute Gasteiger partial charge is 0.390 e. The van der Waals surface area contributed by atoms with Crippen LogP contribution in [0.5, 0.6) is 0 Å². The van der Waals surface area contributed by atoms with Gasteiger partial charge in [0.25, 0.3) is 11.7 Å². The summed E-state index contributed by atoms with van der Waals surface area (Å²) >= 11 is 0. The number of aliphatic hydroxyl groups is 1. The number of pyridine rings is 1. The average molecular weight is 419 g/mol. The maximum Gasteiger partial charge on any atom is 0.348 e. The highest BCUT2D eigenvalue weighted by Crippen LogP contribution is 2.22. The number of benzene rings is 2. The molecule has 2 aromatic carbocycles. The van der Waals surface area contributed by atoms with Crippen LogP contribution in [0.4, 0.5) is 16.2 Å². The molecule has 1 aliphatic rings. The standard InChI is InChI=1S/C21H18N6O3.CH4/c22-19(23)13-2-1-12-8-18(24-9-14(12)7-13)20(29)25-15-3-5-17(6-4-15)27-10-16(11-28)26-21(27)30;/h1-9,28H,10-11H2,(H3,22,23)(H,25,29);1H4/p+1. The minimum Gasteiger partial charge on any atom is -0.390 e. The summed E-state index contributed by atoms with van der Waals surface area (Å²) in [6.45, 7) is -0.00829.